The largest absolute Gasteiger partial charge is 0.228 e. The second kappa shape index (κ2) is 12.8. The molecule has 0 saturated heterocycles. The molecule has 2 heteroatoms. The molecule has 59 heavy (non-hydrogen) atoms. The summed E-state index contributed by atoms with van der Waals surface area (Å²) in [6.45, 7) is 4.76. The summed E-state index contributed by atoms with van der Waals surface area (Å²) in [6, 6.07) is 70.6. The van der Waals surface area contributed by atoms with Gasteiger partial charge in [0, 0.05) is 22.1 Å². The van der Waals surface area contributed by atoms with Crippen molar-refractivity contribution in [2.24, 2.45) is 0 Å². The van der Waals surface area contributed by atoms with Crippen LogP contribution in [0, 0.1) is 0 Å². The molecule has 0 saturated carbocycles. The van der Waals surface area contributed by atoms with Crippen molar-refractivity contribution >= 4 is 53.9 Å². The zero-order chi connectivity index (χ0) is 39.2. The first-order chi connectivity index (χ1) is 29.0. The lowest BCUT2D eigenvalue weighted by molar-refractivity contribution is 0.666. The Balaban J connectivity index is 1.07. The predicted octanol–water partition coefficient (Wildman–Crippen LogP) is 15.2. The quantitative estimate of drug-likeness (QED) is 0.167. The number of fused-ring (bicyclic) bond motifs is 12. The Labute approximate surface area is 343 Å². The van der Waals surface area contributed by atoms with E-state index in [1.54, 1.807) is 0 Å². The van der Waals surface area contributed by atoms with Crippen LogP contribution >= 0.6 is 0 Å². The molecule has 0 radical (unpaired) electrons. The highest BCUT2D eigenvalue weighted by Crippen LogP contribution is 2.55. The number of hydrogen-bond acceptors (Lipinski definition) is 2. The smallest absolute Gasteiger partial charge is 0.161 e. The average molecular weight is 751 g/mol. The Morgan fingerprint density at radius 2 is 0.881 bits per heavy atom. The maximum atomic E-state index is 5.43. The van der Waals surface area contributed by atoms with Crippen molar-refractivity contribution in [1.82, 2.24) is 9.97 Å². The van der Waals surface area contributed by atoms with E-state index in [9.17, 15) is 0 Å². The van der Waals surface area contributed by atoms with E-state index in [1.807, 2.05) is 0 Å². The third-order valence-corrected chi connectivity index (χ3v) is 12.9. The molecule has 1 heterocycles. The average Bonchev–Trinajstić information content (AvgIpc) is 3.55. The summed E-state index contributed by atoms with van der Waals surface area (Å²) < 4.78 is 0. The van der Waals surface area contributed by atoms with Crippen molar-refractivity contribution in [2.45, 2.75) is 19.3 Å². The first kappa shape index (κ1) is 33.7. The number of rotatable bonds is 4. The molecule has 0 aliphatic heterocycles. The number of aromatic nitrogens is 2. The monoisotopic (exact) mass is 750 g/mol. The summed E-state index contributed by atoms with van der Waals surface area (Å²) in [7, 11) is 0. The molecule has 12 rings (SSSR count). The van der Waals surface area contributed by atoms with Crippen molar-refractivity contribution in [3.05, 3.63) is 205 Å². The Kier molecular flexibility index (Phi) is 7.31. The fraction of sp³-hybridized carbons (Fsp3) is 0.0526. The van der Waals surface area contributed by atoms with Crippen LogP contribution in [0.25, 0.3) is 110 Å². The fourth-order valence-corrected chi connectivity index (χ4v) is 10.1. The van der Waals surface area contributed by atoms with Gasteiger partial charge in [0.05, 0.1) is 11.4 Å². The lowest BCUT2D eigenvalue weighted by atomic mass is 9.80. The molecule has 276 valence electrons. The summed E-state index contributed by atoms with van der Waals surface area (Å²) in [4.78, 5) is 10.8. The maximum absolute atomic E-state index is 5.43. The van der Waals surface area contributed by atoms with Crippen molar-refractivity contribution in [2.75, 3.05) is 0 Å². The standard InChI is InChI=1S/C57H38N2/c1-57(2)51-26-14-25-47(54(51)49-30-27-35-15-6-7-18-38(35)55(49)57)45-31-32-48(43-23-12-10-22-42(43)45)56-58-52(36-16-4-3-5-17-36)34-53(59-56)37-28-29-46-41-21-9-8-19-39(41)40-20-11-13-24-44(40)50(46)33-37/h3-34H,1-2H3. The van der Waals surface area contributed by atoms with E-state index in [2.05, 4.69) is 208 Å². The lowest BCUT2D eigenvalue weighted by Gasteiger charge is -2.23. The van der Waals surface area contributed by atoms with E-state index in [1.165, 1.54) is 81.9 Å². The van der Waals surface area contributed by atoms with Gasteiger partial charge in [-0.05, 0) is 105 Å². The molecule has 10 aromatic carbocycles. The van der Waals surface area contributed by atoms with Crippen molar-refractivity contribution in [1.29, 1.82) is 0 Å². The SMILES string of the molecule is CC1(C)c2cccc(-c3ccc(-c4nc(-c5ccccc5)cc(-c5ccc6c7ccccc7c7ccccc7c6c5)n4)c4ccccc34)c2-c2ccc3ccccc3c21. The zero-order valence-corrected chi connectivity index (χ0v) is 32.9. The Morgan fingerprint density at radius 3 is 1.59 bits per heavy atom. The molecular weight excluding hydrogens is 713 g/mol. The maximum Gasteiger partial charge on any atom is 0.161 e. The van der Waals surface area contributed by atoms with Crippen molar-refractivity contribution < 1.29 is 0 Å². The van der Waals surface area contributed by atoms with Crippen molar-refractivity contribution in [3.63, 3.8) is 0 Å². The molecule has 0 fully saturated rings. The molecule has 2 nitrogen and oxygen atoms in total. The topological polar surface area (TPSA) is 25.8 Å². The predicted molar refractivity (Wildman–Crippen MR) is 249 cm³/mol. The van der Waals surface area contributed by atoms with Crippen LogP contribution in [-0.4, -0.2) is 9.97 Å². The van der Waals surface area contributed by atoms with Gasteiger partial charge in [0.2, 0.25) is 0 Å². The van der Waals surface area contributed by atoms with Gasteiger partial charge in [0.15, 0.2) is 5.82 Å². The number of nitrogens with zero attached hydrogens (tertiary/aromatic N) is 2. The number of hydrogen-bond donors (Lipinski definition) is 0. The Bertz CT molecular complexity index is 3490. The van der Waals surface area contributed by atoms with Crippen LogP contribution in [0.2, 0.25) is 0 Å². The van der Waals surface area contributed by atoms with E-state index >= 15 is 0 Å². The molecular formula is C57H38N2. The van der Waals surface area contributed by atoms with E-state index in [4.69, 9.17) is 9.97 Å². The van der Waals surface area contributed by atoms with Crippen LogP contribution in [0.1, 0.15) is 25.0 Å². The highest BCUT2D eigenvalue weighted by atomic mass is 14.9. The van der Waals surface area contributed by atoms with Gasteiger partial charge in [-0.15, -0.1) is 0 Å². The minimum atomic E-state index is -0.137. The van der Waals surface area contributed by atoms with E-state index in [-0.39, 0.29) is 5.41 Å². The normalized spacial score (nSPS) is 13.1. The van der Waals surface area contributed by atoms with Gasteiger partial charge in [-0.2, -0.15) is 0 Å². The van der Waals surface area contributed by atoms with E-state index < -0.39 is 0 Å². The van der Waals surface area contributed by atoms with Crippen LogP contribution < -0.4 is 0 Å². The summed E-state index contributed by atoms with van der Waals surface area (Å²) in [5.74, 6) is 0.712. The molecule has 0 amide bonds. The summed E-state index contributed by atoms with van der Waals surface area (Å²) in [5, 5.41) is 12.4. The molecule has 0 bridgehead atoms. The van der Waals surface area contributed by atoms with Crippen LogP contribution in [-0.2, 0) is 5.41 Å². The molecule has 0 spiro atoms. The minimum absolute atomic E-state index is 0.137. The summed E-state index contributed by atoms with van der Waals surface area (Å²) in [6.07, 6.45) is 0. The van der Waals surface area contributed by atoms with Gasteiger partial charge in [-0.25, -0.2) is 9.97 Å². The van der Waals surface area contributed by atoms with Gasteiger partial charge < -0.3 is 0 Å². The molecule has 11 aromatic rings. The molecule has 1 aliphatic carbocycles. The molecule has 0 unspecified atom stereocenters. The van der Waals surface area contributed by atoms with E-state index in [0.29, 0.717) is 5.82 Å². The fourth-order valence-electron chi connectivity index (χ4n) is 10.1. The molecule has 1 aromatic heterocycles. The first-order valence-electron chi connectivity index (χ1n) is 20.5. The van der Waals surface area contributed by atoms with Crippen LogP contribution in [0.4, 0.5) is 0 Å². The van der Waals surface area contributed by atoms with Gasteiger partial charge in [0.25, 0.3) is 0 Å². The third kappa shape index (κ3) is 5.06. The van der Waals surface area contributed by atoms with E-state index in [0.717, 1.165) is 33.5 Å². The second-order valence-corrected chi connectivity index (χ2v) is 16.4. The van der Waals surface area contributed by atoms with Gasteiger partial charge >= 0.3 is 0 Å². The summed E-state index contributed by atoms with van der Waals surface area (Å²) >= 11 is 0. The highest BCUT2D eigenvalue weighted by molar-refractivity contribution is 6.25. The number of benzene rings is 10. The van der Waals surface area contributed by atoms with Gasteiger partial charge in [-0.3, -0.25) is 0 Å². The second-order valence-electron chi connectivity index (χ2n) is 16.4. The summed E-state index contributed by atoms with van der Waals surface area (Å²) in [5.41, 5.74) is 12.7. The van der Waals surface area contributed by atoms with Crippen LogP contribution in [0.15, 0.2) is 194 Å². The van der Waals surface area contributed by atoms with Crippen LogP contribution in [0.3, 0.4) is 0 Å². The Morgan fingerprint density at radius 1 is 0.339 bits per heavy atom. The van der Waals surface area contributed by atoms with Gasteiger partial charge in [0.1, 0.15) is 0 Å². The molecule has 1 aliphatic rings. The third-order valence-electron chi connectivity index (χ3n) is 12.9. The lowest BCUT2D eigenvalue weighted by Crippen LogP contribution is -2.15. The first-order valence-corrected chi connectivity index (χ1v) is 20.5. The van der Waals surface area contributed by atoms with Gasteiger partial charge in [-0.1, -0.05) is 190 Å². The van der Waals surface area contributed by atoms with Crippen LogP contribution in [0.5, 0.6) is 0 Å². The highest BCUT2D eigenvalue weighted by Gasteiger charge is 2.38. The zero-order valence-electron chi connectivity index (χ0n) is 32.9. The molecule has 0 atom stereocenters. The Hall–Kier alpha value is -7.42. The van der Waals surface area contributed by atoms with Crippen molar-refractivity contribution in [3.8, 4) is 56.2 Å². The molecule has 0 N–H and O–H groups in total. The minimum Gasteiger partial charge on any atom is -0.228 e.